The molecule has 4 rings (SSSR count). The summed E-state index contributed by atoms with van der Waals surface area (Å²) < 4.78 is 41.5. The number of likely N-dealkylation sites (N-methyl/N-ethyl adjacent to an activating group) is 1. The Morgan fingerprint density at radius 1 is 0.906 bits per heavy atom. The molecule has 0 saturated carbocycles. The lowest BCUT2D eigenvalue weighted by molar-refractivity contribution is 0.102. The number of carbonyl (C=O) groups excluding carboxylic acids is 1. The lowest BCUT2D eigenvalue weighted by atomic mass is 10.2. The lowest BCUT2D eigenvalue weighted by Gasteiger charge is -2.34. The number of nitrogens with zero attached hydrogens (tertiary/aromatic N) is 3. The van der Waals surface area contributed by atoms with Gasteiger partial charge in [-0.05, 0) is 62.4 Å². The highest BCUT2D eigenvalue weighted by Crippen LogP contribution is 2.25. The van der Waals surface area contributed by atoms with Crippen LogP contribution in [-0.2, 0) is 10.0 Å². The fourth-order valence-electron chi connectivity index (χ4n) is 4.11. The van der Waals surface area contributed by atoms with Gasteiger partial charge in [0.05, 0.1) is 0 Å². The number of hydrogen-bond acceptors (Lipinski definition) is 5. The number of hydrogen-bond donors (Lipinski definition) is 1. The molecule has 0 atom stereocenters. The summed E-state index contributed by atoms with van der Waals surface area (Å²) in [5.41, 5.74) is 1.79. The Balaban J connectivity index is 1.47. The Kier molecular flexibility index (Phi) is 6.78. The first-order chi connectivity index (χ1) is 15.3. The van der Waals surface area contributed by atoms with Crippen LogP contribution in [-0.4, -0.2) is 69.8 Å². The van der Waals surface area contributed by atoms with E-state index in [0.717, 1.165) is 63.3 Å². The van der Waals surface area contributed by atoms with E-state index >= 15 is 0 Å². The van der Waals surface area contributed by atoms with Gasteiger partial charge in [-0.15, -0.1) is 0 Å². The van der Waals surface area contributed by atoms with E-state index in [0.29, 0.717) is 18.8 Å². The van der Waals surface area contributed by atoms with Gasteiger partial charge in [-0.25, -0.2) is 12.8 Å². The highest BCUT2D eigenvalue weighted by Gasteiger charge is 2.29. The second-order valence-corrected chi connectivity index (χ2v) is 10.3. The third-order valence-corrected chi connectivity index (χ3v) is 8.03. The molecule has 2 heterocycles. The largest absolute Gasteiger partial charge is 0.369 e. The molecule has 0 aliphatic carbocycles. The second-order valence-electron chi connectivity index (χ2n) is 8.40. The van der Waals surface area contributed by atoms with Crippen LogP contribution in [0, 0.1) is 5.82 Å². The van der Waals surface area contributed by atoms with Gasteiger partial charge in [0.25, 0.3) is 5.91 Å². The van der Waals surface area contributed by atoms with Crippen molar-refractivity contribution >= 4 is 27.3 Å². The molecule has 0 radical (unpaired) electrons. The van der Waals surface area contributed by atoms with Crippen molar-refractivity contribution in [2.75, 3.05) is 56.5 Å². The van der Waals surface area contributed by atoms with Crippen LogP contribution in [0.4, 0.5) is 15.8 Å². The molecular formula is C23H29FN4O3S. The molecule has 9 heteroatoms. The van der Waals surface area contributed by atoms with Gasteiger partial charge < -0.3 is 15.1 Å². The Morgan fingerprint density at radius 3 is 2.22 bits per heavy atom. The average Bonchev–Trinajstić information content (AvgIpc) is 2.81. The number of piperidine rings is 1. The molecule has 2 aromatic rings. The summed E-state index contributed by atoms with van der Waals surface area (Å²) in [4.78, 5) is 16.9. The summed E-state index contributed by atoms with van der Waals surface area (Å²) in [5, 5.41) is 2.78. The molecule has 0 bridgehead atoms. The van der Waals surface area contributed by atoms with Crippen LogP contribution in [0.2, 0.25) is 0 Å². The number of amides is 1. The predicted octanol–water partition coefficient (Wildman–Crippen LogP) is 3.00. The third-order valence-electron chi connectivity index (χ3n) is 6.12. The van der Waals surface area contributed by atoms with E-state index < -0.39 is 26.6 Å². The number of rotatable bonds is 5. The minimum absolute atomic E-state index is 0.102. The molecule has 1 N–H and O–H groups in total. The summed E-state index contributed by atoms with van der Waals surface area (Å²) in [6, 6.07) is 11.0. The predicted molar refractivity (Wildman–Crippen MR) is 123 cm³/mol. The highest BCUT2D eigenvalue weighted by molar-refractivity contribution is 7.89. The minimum Gasteiger partial charge on any atom is -0.369 e. The monoisotopic (exact) mass is 460 g/mol. The average molecular weight is 461 g/mol. The Morgan fingerprint density at radius 2 is 1.56 bits per heavy atom. The Bertz CT molecular complexity index is 1060. The summed E-state index contributed by atoms with van der Waals surface area (Å²) in [5.74, 6) is -1.32. The zero-order valence-corrected chi connectivity index (χ0v) is 19.1. The third kappa shape index (κ3) is 4.95. The number of piperazine rings is 1. The fourth-order valence-corrected chi connectivity index (χ4v) is 5.72. The first kappa shape index (κ1) is 22.7. The van der Waals surface area contributed by atoms with Gasteiger partial charge in [0, 0.05) is 56.2 Å². The SMILES string of the molecule is CN1CCN(c2ccc(NC(=O)c3ccc(F)c(S(=O)(=O)N4CCCCC4)c3)cc2)CC1. The van der Waals surface area contributed by atoms with Crippen LogP contribution in [0.5, 0.6) is 0 Å². The standard InChI is InChI=1S/C23H29FN4O3S/c1-26-13-15-27(16-14-26)20-8-6-19(7-9-20)25-23(29)18-5-10-21(24)22(17-18)32(30,31)28-11-3-2-4-12-28/h5-10,17H,2-4,11-16H2,1H3,(H,25,29). The molecule has 2 aliphatic heterocycles. The van der Waals surface area contributed by atoms with Crippen molar-refractivity contribution in [3.05, 3.63) is 53.8 Å². The smallest absolute Gasteiger partial charge is 0.255 e. The summed E-state index contributed by atoms with van der Waals surface area (Å²) in [6.07, 6.45) is 2.47. The molecule has 1 amide bonds. The van der Waals surface area contributed by atoms with E-state index in [9.17, 15) is 17.6 Å². The van der Waals surface area contributed by atoms with Gasteiger partial charge in [-0.1, -0.05) is 6.42 Å². The van der Waals surface area contributed by atoms with Crippen LogP contribution < -0.4 is 10.2 Å². The molecule has 2 aromatic carbocycles. The van der Waals surface area contributed by atoms with Crippen LogP contribution in [0.15, 0.2) is 47.4 Å². The number of carbonyl (C=O) groups is 1. The van der Waals surface area contributed by atoms with Crippen LogP contribution in [0.25, 0.3) is 0 Å². The lowest BCUT2D eigenvalue weighted by Crippen LogP contribution is -2.44. The maximum atomic E-state index is 14.4. The zero-order chi connectivity index (χ0) is 22.7. The van der Waals surface area contributed by atoms with Gasteiger partial charge in [0.15, 0.2) is 0 Å². The fraction of sp³-hybridized carbons (Fsp3) is 0.435. The van der Waals surface area contributed by atoms with Gasteiger partial charge in [-0.2, -0.15) is 4.31 Å². The van der Waals surface area contributed by atoms with Gasteiger partial charge in [-0.3, -0.25) is 4.79 Å². The van der Waals surface area contributed by atoms with Crippen molar-refractivity contribution in [3.8, 4) is 0 Å². The number of nitrogens with one attached hydrogen (secondary N) is 1. The zero-order valence-electron chi connectivity index (χ0n) is 18.3. The van der Waals surface area contributed by atoms with Crippen molar-refractivity contribution in [1.29, 1.82) is 0 Å². The molecule has 2 fully saturated rings. The van der Waals surface area contributed by atoms with E-state index in [1.54, 1.807) is 0 Å². The number of benzene rings is 2. The van der Waals surface area contributed by atoms with Crippen LogP contribution in [0.1, 0.15) is 29.6 Å². The summed E-state index contributed by atoms with van der Waals surface area (Å²) in [7, 11) is -1.87. The number of halogens is 1. The Labute approximate surface area is 188 Å². The van der Waals surface area contributed by atoms with Crippen LogP contribution >= 0.6 is 0 Å². The summed E-state index contributed by atoms with van der Waals surface area (Å²) >= 11 is 0. The highest BCUT2D eigenvalue weighted by atomic mass is 32.2. The first-order valence-electron chi connectivity index (χ1n) is 11.0. The van der Waals surface area contributed by atoms with Gasteiger partial charge in [0.2, 0.25) is 10.0 Å². The first-order valence-corrected chi connectivity index (χ1v) is 12.4. The number of sulfonamides is 1. The molecule has 32 heavy (non-hydrogen) atoms. The minimum atomic E-state index is -3.97. The summed E-state index contributed by atoms with van der Waals surface area (Å²) in [6.45, 7) is 4.66. The normalized spacial score (nSPS) is 18.5. The van der Waals surface area contributed by atoms with Crippen molar-refractivity contribution in [3.63, 3.8) is 0 Å². The van der Waals surface area contributed by atoms with Crippen molar-refractivity contribution in [1.82, 2.24) is 9.21 Å². The molecule has 0 unspecified atom stereocenters. The molecule has 0 aromatic heterocycles. The van der Waals surface area contributed by atoms with E-state index in [1.165, 1.54) is 10.4 Å². The van der Waals surface area contributed by atoms with Crippen molar-refractivity contribution in [2.24, 2.45) is 0 Å². The molecule has 7 nitrogen and oxygen atoms in total. The quantitative estimate of drug-likeness (QED) is 0.743. The Hall–Kier alpha value is -2.49. The second kappa shape index (κ2) is 9.56. The maximum absolute atomic E-state index is 14.4. The van der Waals surface area contributed by atoms with Crippen molar-refractivity contribution in [2.45, 2.75) is 24.2 Å². The van der Waals surface area contributed by atoms with Gasteiger partial charge in [0.1, 0.15) is 10.7 Å². The maximum Gasteiger partial charge on any atom is 0.255 e. The van der Waals surface area contributed by atoms with Crippen molar-refractivity contribution < 1.29 is 17.6 Å². The van der Waals surface area contributed by atoms with E-state index in [2.05, 4.69) is 22.2 Å². The number of anilines is 2. The van der Waals surface area contributed by atoms with Crippen LogP contribution in [0.3, 0.4) is 0 Å². The molecular weight excluding hydrogens is 431 g/mol. The molecule has 0 spiro atoms. The van der Waals surface area contributed by atoms with E-state index in [1.807, 2.05) is 24.3 Å². The molecule has 2 aliphatic rings. The van der Waals surface area contributed by atoms with E-state index in [-0.39, 0.29) is 5.56 Å². The molecule has 2 saturated heterocycles. The topological polar surface area (TPSA) is 73.0 Å². The molecule has 172 valence electrons. The van der Waals surface area contributed by atoms with E-state index in [4.69, 9.17) is 0 Å². The van der Waals surface area contributed by atoms with Gasteiger partial charge >= 0.3 is 0 Å².